The highest BCUT2D eigenvalue weighted by molar-refractivity contribution is 9.10. The van der Waals surface area contributed by atoms with Gasteiger partial charge in [0.05, 0.1) is 0 Å². The van der Waals surface area contributed by atoms with E-state index in [-0.39, 0.29) is 5.91 Å². The zero-order valence-electron chi connectivity index (χ0n) is 14.0. The van der Waals surface area contributed by atoms with Crippen LogP contribution in [0, 0.1) is 0 Å². The number of amides is 1. The maximum Gasteiger partial charge on any atom is 0.249 e. The molecule has 0 aliphatic carbocycles. The van der Waals surface area contributed by atoms with Gasteiger partial charge >= 0.3 is 0 Å². The number of benzene rings is 2. The third-order valence-electron chi connectivity index (χ3n) is 3.87. The van der Waals surface area contributed by atoms with Crippen molar-refractivity contribution in [2.24, 2.45) is 0 Å². The van der Waals surface area contributed by atoms with Crippen molar-refractivity contribution in [1.82, 2.24) is 25.1 Å². The first-order chi connectivity index (χ1) is 12.0. The Morgan fingerprint density at radius 3 is 2.52 bits per heavy atom. The summed E-state index contributed by atoms with van der Waals surface area (Å²) in [6.45, 7) is 2.31. The Morgan fingerprint density at radius 2 is 1.84 bits per heavy atom. The second-order valence-electron chi connectivity index (χ2n) is 5.80. The van der Waals surface area contributed by atoms with Crippen LogP contribution in [0.3, 0.4) is 0 Å². The summed E-state index contributed by atoms with van der Waals surface area (Å²) in [5.74, 6) is 0.432. The molecule has 0 N–H and O–H groups in total. The first-order valence-electron chi connectivity index (χ1n) is 7.89. The van der Waals surface area contributed by atoms with Crippen molar-refractivity contribution in [2.75, 3.05) is 7.05 Å². The van der Waals surface area contributed by atoms with E-state index in [4.69, 9.17) is 0 Å². The van der Waals surface area contributed by atoms with Gasteiger partial charge in [0.1, 0.15) is 6.04 Å². The minimum absolute atomic E-state index is 0.0661. The molecule has 1 atom stereocenters. The van der Waals surface area contributed by atoms with Gasteiger partial charge in [-0.2, -0.15) is 4.80 Å². The monoisotopic (exact) mass is 399 g/mol. The molecule has 3 aromatic rings. The normalized spacial score (nSPS) is 12.0. The molecule has 0 aliphatic rings. The highest BCUT2D eigenvalue weighted by Crippen LogP contribution is 2.18. The summed E-state index contributed by atoms with van der Waals surface area (Å²) in [5, 5.41) is 12.5. The average molecular weight is 400 g/mol. The first-order valence-corrected chi connectivity index (χ1v) is 8.68. The van der Waals surface area contributed by atoms with Crippen LogP contribution < -0.4 is 0 Å². The third-order valence-corrected chi connectivity index (χ3v) is 4.40. The minimum atomic E-state index is -0.523. The summed E-state index contributed by atoms with van der Waals surface area (Å²) in [7, 11) is 1.78. The number of rotatable bonds is 5. The Labute approximate surface area is 154 Å². The van der Waals surface area contributed by atoms with E-state index in [0.29, 0.717) is 12.4 Å². The molecule has 0 aliphatic heterocycles. The van der Waals surface area contributed by atoms with Gasteiger partial charge in [-0.25, -0.2) is 0 Å². The van der Waals surface area contributed by atoms with Crippen LogP contribution in [0.25, 0.3) is 11.4 Å². The van der Waals surface area contributed by atoms with Crippen LogP contribution in [0.4, 0.5) is 0 Å². The van der Waals surface area contributed by atoms with Crippen molar-refractivity contribution in [3.8, 4) is 11.4 Å². The predicted molar refractivity (Wildman–Crippen MR) is 98.6 cm³/mol. The molecular weight excluding hydrogens is 382 g/mol. The molecule has 1 aromatic heterocycles. The van der Waals surface area contributed by atoms with Crippen LogP contribution in [0.2, 0.25) is 0 Å². The quantitative estimate of drug-likeness (QED) is 0.659. The van der Waals surface area contributed by atoms with Crippen molar-refractivity contribution in [1.29, 1.82) is 0 Å². The standard InChI is InChI=1S/C18H18BrN5O/c1-13(18(25)23(2)12-14-6-4-3-5-7-14)24-21-17(20-22-24)15-8-10-16(19)11-9-15/h3-11,13H,12H2,1-2H3. The molecule has 3 rings (SSSR count). The lowest BCUT2D eigenvalue weighted by molar-refractivity contribution is -0.134. The van der Waals surface area contributed by atoms with E-state index in [0.717, 1.165) is 15.6 Å². The van der Waals surface area contributed by atoms with Crippen LogP contribution >= 0.6 is 15.9 Å². The minimum Gasteiger partial charge on any atom is -0.340 e. The molecular formula is C18H18BrN5O. The molecule has 0 spiro atoms. The van der Waals surface area contributed by atoms with Gasteiger partial charge in [-0.3, -0.25) is 4.79 Å². The number of tetrazole rings is 1. The summed E-state index contributed by atoms with van der Waals surface area (Å²) >= 11 is 3.40. The molecule has 2 aromatic carbocycles. The van der Waals surface area contributed by atoms with E-state index in [1.807, 2.05) is 54.6 Å². The Balaban J connectivity index is 1.71. The number of hydrogen-bond donors (Lipinski definition) is 0. The molecule has 6 nitrogen and oxygen atoms in total. The number of likely N-dealkylation sites (N-methyl/N-ethyl adjacent to an activating group) is 1. The number of hydrogen-bond acceptors (Lipinski definition) is 4. The molecule has 0 radical (unpaired) electrons. The lowest BCUT2D eigenvalue weighted by atomic mass is 10.2. The molecule has 1 amide bonds. The van der Waals surface area contributed by atoms with Crippen molar-refractivity contribution in [3.63, 3.8) is 0 Å². The maximum atomic E-state index is 12.6. The smallest absolute Gasteiger partial charge is 0.249 e. The van der Waals surface area contributed by atoms with Crippen molar-refractivity contribution >= 4 is 21.8 Å². The zero-order chi connectivity index (χ0) is 17.8. The lowest BCUT2D eigenvalue weighted by Gasteiger charge is -2.20. The molecule has 0 bridgehead atoms. The summed E-state index contributed by atoms with van der Waals surface area (Å²) in [6.07, 6.45) is 0. The summed E-state index contributed by atoms with van der Waals surface area (Å²) < 4.78 is 0.981. The first kappa shape index (κ1) is 17.3. The summed E-state index contributed by atoms with van der Waals surface area (Å²) in [4.78, 5) is 15.7. The van der Waals surface area contributed by atoms with E-state index < -0.39 is 6.04 Å². The van der Waals surface area contributed by atoms with E-state index in [2.05, 4.69) is 31.3 Å². The molecule has 1 unspecified atom stereocenters. The van der Waals surface area contributed by atoms with Crippen molar-refractivity contribution in [2.45, 2.75) is 19.5 Å². The number of carbonyl (C=O) groups excluding carboxylic acids is 1. The average Bonchev–Trinajstić information content (AvgIpc) is 3.12. The number of halogens is 1. The molecule has 1 heterocycles. The van der Waals surface area contributed by atoms with Crippen LogP contribution in [0.1, 0.15) is 18.5 Å². The van der Waals surface area contributed by atoms with E-state index in [9.17, 15) is 4.79 Å². The molecule has 0 saturated carbocycles. The lowest BCUT2D eigenvalue weighted by Crippen LogP contribution is -2.33. The second-order valence-corrected chi connectivity index (χ2v) is 6.71. The van der Waals surface area contributed by atoms with Crippen LogP contribution in [0.15, 0.2) is 59.1 Å². The number of carbonyl (C=O) groups is 1. The van der Waals surface area contributed by atoms with E-state index in [1.165, 1.54) is 4.80 Å². The fourth-order valence-electron chi connectivity index (χ4n) is 2.46. The Bertz CT molecular complexity index is 847. The maximum absolute atomic E-state index is 12.6. The van der Waals surface area contributed by atoms with Crippen LogP contribution in [-0.4, -0.2) is 38.1 Å². The largest absolute Gasteiger partial charge is 0.340 e. The fourth-order valence-corrected chi connectivity index (χ4v) is 2.72. The third kappa shape index (κ3) is 4.11. The molecule has 0 fully saturated rings. The molecule has 25 heavy (non-hydrogen) atoms. The van der Waals surface area contributed by atoms with Gasteiger partial charge in [-0.05, 0) is 42.0 Å². The van der Waals surface area contributed by atoms with Gasteiger partial charge in [0, 0.05) is 23.6 Å². The fraction of sp³-hybridized carbons (Fsp3) is 0.222. The van der Waals surface area contributed by atoms with Gasteiger partial charge in [0.15, 0.2) is 0 Å². The Kier molecular flexibility index (Phi) is 5.23. The van der Waals surface area contributed by atoms with E-state index in [1.54, 1.807) is 18.9 Å². The van der Waals surface area contributed by atoms with Gasteiger partial charge < -0.3 is 4.90 Å². The Morgan fingerprint density at radius 1 is 1.16 bits per heavy atom. The molecule has 0 saturated heterocycles. The van der Waals surface area contributed by atoms with Gasteiger partial charge in [-0.1, -0.05) is 46.3 Å². The zero-order valence-corrected chi connectivity index (χ0v) is 15.6. The van der Waals surface area contributed by atoms with Gasteiger partial charge in [-0.15, -0.1) is 10.2 Å². The summed E-state index contributed by atoms with van der Waals surface area (Å²) in [6, 6.07) is 17.0. The Hall–Kier alpha value is -2.54. The van der Waals surface area contributed by atoms with Crippen molar-refractivity contribution in [3.05, 3.63) is 64.6 Å². The predicted octanol–water partition coefficient (Wildman–Crippen LogP) is 3.32. The second kappa shape index (κ2) is 7.57. The number of aromatic nitrogens is 4. The summed E-state index contributed by atoms with van der Waals surface area (Å²) in [5.41, 5.74) is 1.93. The van der Waals surface area contributed by atoms with Crippen LogP contribution in [0.5, 0.6) is 0 Å². The van der Waals surface area contributed by atoms with E-state index >= 15 is 0 Å². The highest BCUT2D eigenvalue weighted by atomic mass is 79.9. The topological polar surface area (TPSA) is 63.9 Å². The SMILES string of the molecule is CC(C(=O)N(C)Cc1ccccc1)n1nnc(-c2ccc(Br)cc2)n1. The highest BCUT2D eigenvalue weighted by Gasteiger charge is 2.22. The molecule has 7 heteroatoms. The van der Waals surface area contributed by atoms with Gasteiger partial charge in [0.25, 0.3) is 0 Å². The van der Waals surface area contributed by atoms with Crippen LogP contribution in [-0.2, 0) is 11.3 Å². The number of nitrogens with zero attached hydrogens (tertiary/aromatic N) is 5. The molecule has 128 valence electrons. The van der Waals surface area contributed by atoms with Crippen molar-refractivity contribution < 1.29 is 4.79 Å². The van der Waals surface area contributed by atoms with Gasteiger partial charge in [0.2, 0.25) is 11.7 Å².